The van der Waals surface area contributed by atoms with Gasteiger partial charge in [-0.2, -0.15) is 5.10 Å². The summed E-state index contributed by atoms with van der Waals surface area (Å²) in [5, 5.41) is 8.93. The average molecular weight is 397 g/mol. The number of hydrogen-bond donors (Lipinski definition) is 1. The highest BCUT2D eigenvalue weighted by Crippen LogP contribution is 2.22. The van der Waals surface area contributed by atoms with Crippen molar-refractivity contribution in [2.45, 2.75) is 26.8 Å². The standard InChI is InChI=1S/C19H19N5O3S/c1-11-7-15(23(3)22-11)17-12(2)21-19-24(18(17)26)13(10-28-19)8-16(25)20-9-14-5-4-6-27-14/h4-7,10H,8-9H2,1-3H3,(H,20,25). The van der Waals surface area contributed by atoms with Crippen LogP contribution < -0.4 is 10.9 Å². The van der Waals surface area contributed by atoms with Crippen LogP contribution in [0.1, 0.15) is 22.8 Å². The van der Waals surface area contributed by atoms with Crippen LogP contribution in [0.25, 0.3) is 16.2 Å². The average Bonchev–Trinajstić information content (AvgIpc) is 3.35. The summed E-state index contributed by atoms with van der Waals surface area (Å²) in [5.41, 5.74) is 3.08. The van der Waals surface area contributed by atoms with Crippen molar-refractivity contribution in [3.8, 4) is 11.3 Å². The Morgan fingerprint density at radius 3 is 2.86 bits per heavy atom. The minimum absolute atomic E-state index is 0.0786. The van der Waals surface area contributed by atoms with Crippen LogP contribution in [0, 0.1) is 13.8 Å². The topological polar surface area (TPSA) is 94.4 Å². The van der Waals surface area contributed by atoms with Crippen LogP contribution in [0.4, 0.5) is 0 Å². The molecule has 4 aromatic rings. The molecule has 0 spiro atoms. The number of fused-ring (bicyclic) bond motifs is 1. The molecule has 0 unspecified atom stereocenters. The Labute approximate surface area is 164 Å². The summed E-state index contributed by atoms with van der Waals surface area (Å²) in [4.78, 5) is 30.7. The number of aryl methyl sites for hydroxylation is 3. The molecule has 4 rings (SSSR count). The third kappa shape index (κ3) is 3.24. The van der Waals surface area contributed by atoms with Gasteiger partial charge in [-0.1, -0.05) is 0 Å². The molecule has 0 fully saturated rings. The zero-order valence-electron chi connectivity index (χ0n) is 15.7. The predicted molar refractivity (Wildman–Crippen MR) is 105 cm³/mol. The molecule has 0 aromatic carbocycles. The zero-order valence-corrected chi connectivity index (χ0v) is 16.5. The van der Waals surface area contributed by atoms with Crippen LogP contribution in [0.3, 0.4) is 0 Å². The molecular formula is C19H19N5O3S. The number of carbonyl (C=O) groups is 1. The molecule has 0 atom stereocenters. The summed E-state index contributed by atoms with van der Waals surface area (Å²) in [6.45, 7) is 4.00. The fraction of sp³-hybridized carbons (Fsp3) is 0.263. The van der Waals surface area contributed by atoms with Gasteiger partial charge in [0.1, 0.15) is 5.76 Å². The molecule has 0 radical (unpaired) electrons. The van der Waals surface area contributed by atoms with Crippen molar-refractivity contribution in [1.29, 1.82) is 0 Å². The first-order chi connectivity index (χ1) is 13.4. The molecule has 0 bridgehead atoms. The Morgan fingerprint density at radius 1 is 1.36 bits per heavy atom. The molecule has 1 N–H and O–H groups in total. The Bertz CT molecular complexity index is 1220. The number of nitrogens with one attached hydrogen (secondary N) is 1. The Hall–Kier alpha value is -3.20. The molecule has 144 valence electrons. The van der Waals surface area contributed by atoms with Crippen molar-refractivity contribution in [2.24, 2.45) is 7.05 Å². The quantitative estimate of drug-likeness (QED) is 0.557. The lowest BCUT2D eigenvalue weighted by Gasteiger charge is -2.08. The summed E-state index contributed by atoms with van der Waals surface area (Å²) in [5.74, 6) is 0.480. The van der Waals surface area contributed by atoms with Gasteiger partial charge in [0, 0.05) is 18.1 Å². The molecule has 0 saturated heterocycles. The van der Waals surface area contributed by atoms with Crippen LogP contribution in [0.15, 0.2) is 39.1 Å². The lowest BCUT2D eigenvalue weighted by atomic mass is 10.1. The van der Waals surface area contributed by atoms with Gasteiger partial charge in [-0.25, -0.2) is 4.98 Å². The molecule has 9 heteroatoms. The van der Waals surface area contributed by atoms with Crippen LogP contribution in [-0.2, 0) is 24.8 Å². The number of rotatable bonds is 5. The Kier molecular flexibility index (Phi) is 4.60. The van der Waals surface area contributed by atoms with Crippen LogP contribution in [0.2, 0.25) is 0 Å². The maximum atomic E-state index is 13.3. The number of thiazole rings is 1. The third-order valence-corrected chi connectivity index (χ3v) is 5.34. The maximum Gasteiger partial charge on any atom is 0.268 e. The van der Waals surface area contributed by atoms with Crippen LogP contribution >= 0.6 is 11.3 Å². The molecule has 0 aliphatic rings. The lowest BCUT2D eigenvalue weighted by molar-refractivity contribution is -0.120. The molecule has 4 heterocycles. The molecule has 4 aromatic heterocycles. The van der Waals surface area contributed by atoms with E-state index in [0.717, 1.165) is 5.69 Å². The van der Waals surface area contributed by atoms with Gasteiger partial charge < -0.3 is 9.73 Å². The van der Waals surface area contributed by atoms with E-state index in [-0.39, 0.29) is 17.9 Å². The first-order valence-electron chi connectivity index (χ1n) is 8.74. The normalized spacial score (nSPS) is 11.2. The molecule has 0 aliphatic carbocycles. The number of aromatic nitrogens is 4. The van der Waals surface area contributed by atoms with E-state index in [1.807, 2.05) is 19.9 Å². The van der Waals surface area contributed by atoms with Gasteiger partial charge in [-0.3, -0.25) is 18.7 Å². The zero-order chi connectivity index (χ0) is 19.8. The second kappa shape index (κ2) is 7.08. The van der Waals surface area contributed by atoms with Crippen molar-refractivity contribution in [3.63, 3.8) is 0 Å². The number of hydrogen-bond acceptors (Lipinski definition) is 6. The fourth-order valence-corrected chi connectivity index (χ4v) is 4.12. The second-order valence-corrected chi connectivity index (χ2v) is 7.39. The van der Waals surface area contributed by atoms with Crippen molar-refractivity contribution < 1.29 is 9.21 Å². The maximum absolute atomic E-state index is 13.3. The van der Waals surface area contributed by atoms with Gasteiger partial charge in [0.15, 0.2) is 4.96 Å². The summed E-state index contributed by atoms with van der Waals surface area (Å²) in [6.07, 6.45) is 1.64. The summed E-state index contributed by atoms with van der Waals surface area (Å²) >= 11 is 1.34. The van der Waals surface area contributed by atoms with Crippen molar-refractivity contribution in [2.75, 3.05) is 0 Å². The molecular weight excluding hydrogens is 378 g/mol. The van der Waals surface area contributed by atoms with Gasteiger partial charge in [-0.15, -0.1) is 11.3 Å². The Balaban J connectivity index is 1.69. The van der Waals surface area contributed by atoms with E-state index in [4.69, 9.17) is 4.42 Å². The van der Waals surface area contributed by atoms with E-state index in [1.54, 1.807) is 35.5 Å². The van der Waals surface area contributed by atoms with E-state index < -0.39 is 0 Å². The third-order valence-electron chi connectivity index (χ3n) is 4.46. The molecule has 8 nitrogen and oxygen atoms in total. The van der Waals surface area contributed by atoms with Gasteiger partial charge >= 0.3 is 0 Å². The van der Waals surface area contributed by atoms with E-state index in [0.29, 0.717) is 39.9 Å². The molecule has 0 saturated carbocycles. The fourth-order valence-electron chi connectivity index (χ4n) is 3.19. The van der Waals surface area contributed by atoms with Crippen LogP contribution in [-0.4, -0.2) is 25.1 Å². The number of carbonyl (C=O) groups excluding carboxylic acids is 1. The molecule has 0 aliphatic heterocycles. The van der Waals surface area contributed by atoms with E-state index in [2.05, 4.69) is 15.4 Å². The largest absolute Gasteiger partial charge is 0.467 e. The highest BCUT2D eigenvalue weighted by Gasteiger charge is 2.19. The van der Waals surface area contributed by atoms with E-state index >= 15 is 0 Å². The second-order valence-electron chi connectivity index (χ2n) is 6.55. The number of nitrogens with zero attached hydrogens (tertiary/aromatic N) is 4. The van der Waals surface area contributed by atoms with Crippen LogP contribution in [0.5, 0.6) is 0 Å². The van der Waals surface area contributed by atoms with E-state index in [9.17, 15) is 9.59 Å². The van der Waals surface area contributed by atoms with Crippen molar-refractivity contribution in [1.82, 2.24) is 24.5 Å². The summed E-state index contributed by atoms with van der Waals surface area (Å²) in [6, 6.07) is 5.42. The van der Waals surface area contributed by atoms with Crippen molar-refractivity contribution >= 4 is 22.2 Å². The number of furan rings is 1. The first-order valence-corrected chi connectivity index (χ1v) is 9.62. The van der Waals surface area contributed by atoms with Gasteiger partial charge in [0.25, 0.3) is 5.56 Å². The molecule has 28 heavy (non-hydrogen) atoms. The smallest absolute Gasteiger partial charge is 0.268 e. The first kappa shape index (κ1) is 18.2. The van der Waals surface area contributed by atoms with Gasteiger partial charge in [-0.05, 0) is 32.0 Å². The number of amides is 1. The molecule has 1 amide bonds. The monoisotopic (exact) mass is 397 g/mol. The highest BCUT2D eigenvalue weighted by molar-refractivity contribution is 7.15. The van der Waals surface area contributed by atoms with E-state index in [1.165, 1.54) is 15.7 Å². The SMILES string of the molecule is Cc1cc(-c2c(C)nc3scc(CC(=O)NCc4ccco4)n3c2=O)n(C)n1. The summed E-state index contributed by atoms with van der Waals surface area (Å²) in [7, 11) is 1.80. The summed E-state index contributed by atoms with van der Waals surface area (Å²) < 4.78 is 8.40. The van der Waals surface area contributed by atoms with Gasteiger partial charge in [0.05, 0.1) is 41.9 Å². The predicted octanol–water partition coefficient (Wildman–Crippen LogP) is 2.23. The van der Waals surface area contributed by atoms with Crippen molar-refractivity contribution in [3.05, 3.63) is 63.0 Å². The highest BCUT2D eigenvalue weighted by atomic mass is 32.1. The Morgan fingerprint density at radius 2 is 2.18 bits per heavy atom. The minimum atomic E-state index is -0.194. The minimum Gasteiger partial charge on any atom is -0.467 e. The lowest BCUT2D eigenvalue weighted by Crippen LogP contribution is -2.27. The van der Waals surface area contributed by atoms with Gasteiger partial charge in [0.2, 0.25) is 5.91 Å².